The fourth-order valence-electron chi connectivity index (χ4n) is 3.54. The zero-order valence-corrected chi connectivity index (χ0v) is 21.3. The fraction of sp³-hybridized carbons (Fsp3) is 0.269. The number of aromatic carboxylic acids is 1. The average Bonchev–Trinajstić information content (AvgIpc) is 2.84. The molecule has 198 valence electrons. The molecule has 37 heavy (non-hydrogen) atoms. The van der Waals surface area contributed by atoms with Gasteiger partial charge in [-0.05, 0) is 60.0 Å². The Bertz CT molecular complexity index is 1330. The Morgan fingerprint density at radius 1 is 1.00 bits per heavy atom. The topological polar surface area (TPSA) is 154 Å². The molecule has 3 aromatic carbocycles. The molecular formula is C26H30N2O8S. The smallest absolute Gasteiger partial charge is 0.339 e. The summed E-state index contributed by atoms with van der Waals surface area (Å²) in [4.78, 5) is 11.4. The van der Waals surface area contributed by atoms with Gasteiger partial charge in [0.25, 0.3) is 0 Å². The van der Waals surface area contributed by atoms with E-state index in [-0.39, 0.29) is 23.5 Å². The van der Waals surface area contributed by atoms with Gasteiger partial charge in [-0.2, -0.15) is 0 Å². The second-order valence-corrected chi connectivity index (χ2v) is 9.94. The van der Waals surface area contributed by atoms with Gasteiger partial charge in [-0.1, -0.05) is 24.3 Å². The minimum Gasteiger partial charge on any atom is -0.506 e. The molecule has 0 radical (unpaired) electrons. The zero-order chi connectivity index (χ0) is 27.0. The Labute approximate surface area is 215 Å². The molecule has 0 aliphatic rings. The number of anilines is 1. The van der Waals surface area contributed by atoms with E-state index in [0.29, 0.717) is 36.8 Å². The van der Waals surface area contributed by atoms with Gasteiger partial charge in [-0.25, -0.2) is 13.2 Å². The summed E-state index contributed by atoms with van der Waals surface area (Å²) < 4.78 is 36.3. The molecule has 1 atom stereocenters. The van der Waals surface area contributed by atoms with Gasteiger partial charge in [-0.15, -0.1) is 0 Å². The van der Waals surface area contributed by atoms with Gasteiger partial charge < -0.3 is 30.1 Å². The number of hydrogen-bond donors (Lipinski definition) is 5. The number of hydrogen-bond acceptors (Lipinski definition) is 8. The first-order valence-corrected chi connectivity index (χ1v) is 13.4. The number of carbonyl (C=O) groups is 1. The number of aliphatic hydroxyl groups excluding tert-OH is 1. The van der Waals surface area contributed by atoms with Crippen LogP contribution in [0.25, 0.3) is 11.1 Å². The van der Waals surface area contributed by atoms with Crippen molar-refractivity contribution in [3.63, 3.8) is 0 Å². The SMILES string of the molecule is CCOc1cc(-c2ccc(OCCNCC(O)c3ccc(O)c(NS(C)(=O)=O)c3)cc2)ccc1C(=O)O. The average molecular weight is 531 g/mol. The molecule has 0 aliphatic heterocycles. The largest absolute Gasteiger partial charge is 0.506 e. The third kappa shape index (κ3) is 8.10. The standard InChI is InChI=1S/C26H30N2O8S/c1-3-35-25-15-18(6-10-21(25)26(31)32)17-4-8-20(9-5-17)36-13-12-27-16-24(30)19-7-11-23(29)22(14-19)28-37(2,33)34/h4-11,14-15,24,27-30H,3,12-13,16H2,1-2H3,(H,31,32). The first kappa shape index (κ1) is 27.8. The van der Waals surface area contributed by atoms with Crippen molar-refractivity contribution in [3.8, 4) is 28.4 Å². The van der Waals surface area contributed by atoms with Crippen LogP contribution in [0.1, 0.15) is 28.9 Å². The highest BCUT2D eigenvalue weighted by molar-refractivity contribution is 7.92. The molecule has 3 aromatic rings. The molecule has 0 bridgehead atoms. The van der Waals surface area contributed by atoms with E-state index in [1.807, 2.05) is 24.3 Å². The van der Waals surface area contributed by atoms with E-state index in [1.54, 1.807) is 19.1 Å². The predicted molar refractivity (Wildman–Crippen MR) is 140 cm³/mol. The van der Waals surface area contributed by atoms with Gasteiger partial charge >= 0.3 is 5.97 Å². The molecule has 10 nitrogen and oxygen atoms in total. The molecule has 0 saturated carbocycles. The maximum absolute atomic E-state index is 11.4. The van der Waals surface area contributed by atoms with Crippen LogP contribution in [0.5, 0.6) is 17.2 Å². The van der Waals surface area contributed by atoms with Crippen molar-refractivity contribution in [2.75, 3.05) is 37.3 Å². The van der Waals surface area contributed by atoms with E-state index in [1.165, 1.54) is 24.3 Å². The molecule has 1 unspecified atom stereocenters. The quantitative estimate of drug-likeness (QED) is 0.165. The first-order chi connectivity index (χ1) is 17.6. The minimum atomic E-state index is -3.57. The summed E-state index contributed by atoms with van der Waals surface area (Å²) in [5, 5.41) is 32.6. The number of aromatic hydroxyl groups is 1. The number of phenolic OH excluding ortho intramolecular Hbond substituents is 1. The van der Waals surface area contributed by atoms with Crippen molar-refractivity contribution in [2.24, 2.45) is 0 Å². The number of carboxylic acid groups (broad SMARTS) is 1. The lowest BCUT2D eigenvalue weighted by atomic mass is 10.0. The van der Waals surface area contributed by atoms with Crippen molar-refractivity contribution in [3.05, 3.63) is 71.8 Å². The molecule has 0 spiro atoms. The van der Waals surface area contributed by atoms with Crippen LogP contribution in [0.2, 0.25) is 0 Å². The summed E-state index contributed by atoms with van der Waals surface area (Å²) in [6.45, 7) is 3.13. The third-order valence-electron chi connectivity index (χ3n) is 5.29. The number of rotatable bonds is 13. The number of phenols is 1. The van der Waals surface area contributed by atoms with E-state index in [4.69, 9.17) is 9.47 Å². The van der Waals surface area contributed by atoms with Crippen molar-refractivity contribution in [1.29, 1.82) is 0 Å². The maximum Gasteiger partial charge on any atom is 0.339 e. The fourth-order valence-corrected chi connectivity index (χ4v) is 4.10. The second-order valence-electron chi connectivity index (χ2n) is 8.19. The van der Waals surface area contributed by atoms with Gasteiger partial charge in [0.05, 0.1) is 24.7 Å². The Balaban J connectivity index is 1.50. The van der Waals surface area contributed by atoms with E-state index >= 15 is 0 Å². The Kier molecular flexibility index (Phi) is 9.34. The van der Waals surface area contributed by atoms with Crippen molar-refractivity contribution >= 4 is 21.7 Å². The monoisotopic (exact) mass is 530 g/mol. The van der Waals surface area contributed by atoms with Crippen LogP contribution in [0.15, 0.2) is 60.7 Å². The van der Waals surface area contributed by atoms with Gasteiger partial charge in [0.1, 0.15) is 29.4 Å². The van der Waals surface area contributed by atoms with Crippen LogP contribution >= 0.6 is 0 Å². The molecule has 3 rings (SSSR count). The summed E-state index contributed by atoms with van der Waals surface area (Å²) in [6.07, 6.45) is 0.0515. The molecular weight excluding hydrogens is 500 g/mol. The summed E-state index contributed by atoms with van der Waals surface area (Å²) in [7, 11) is -3.57. The van der Waals surface area contributed by atoms with Crippen molar-refractivity contribution in [2.45, 2.75) is 13.0 Å². The number of carboxylic acids is 1. The van der Waals surface area contributed by atoms with Crippen LogP contribution < -0.4 is 19.5 Å². The molecule has 0 aliphatic carbocycles. The molecule has 0 saturated heterocycles. The first-order valence-electron chi connectivity index (χ1n) is 11.5. The summed E-state index contributed by atoms with van der Waals surface area (Å²) in [6, 6.07) is 16.5. The van der Waals surface area contributed by atoms with E-state index in [9.17, 15) is 28.5 Å². The highest BCUT2D eigenvalue weighted by Crippen LogP contribution is 2.29. The number of sulfonamides is 1. The normalized spacial score (nSPS) is 12.1. The lowest BCUT2D eigenvalue weighted by Crippen LogP contribution is -2.26. The van der Waals surface area contributed by atoms with Crippen LogP contribution in [0, 0.1) is 0 Å². The summed E-state index contributed by atoms with van der Waals surface area (Å²) >= 11 is 0. The molecule has 0 aromatic heterocycles. The van der Waals surface area contributed by atoms with E-state index < -0.39 is 22.1 Å². The Hall–Kier alpha value is -3.80. The highest BCUT2D eigenvalue weighted by atomic mass is 32.2. The Morgan fingerprint density at radius 3 is 2.35 bits per heavy atom. The van der Waals surface area contributed by atoms with E-state index in [0.717, 1.165) is 17.4 Å². The number of ether oxygens (including phenoxy) is 2. The van der Waals surface area contributed by atoms with Gasteiger partial charge in [-0.3, -0.25) is 4.72 Å². The van der Waals surface area contributed by atoms with E-state index in [2.05, 4.69) is 10.0 Å². The Morgan fingerprint density at radius 2 is 1.70 bits per heavy atom. The van der Waals surface area contributed by atoms with Crippen LogP contribution in [-0.4, -0.2) is 62.3 Å². The zero-order valence-electron chi connectivity index (χ0n) is 20.5. The highest BCUT2D eigenvalue weighted by Gasteiger charge is 2.14. The molecule has 5 N–H and O–H groups in total. The maximum atomic E-state index is 11.4. The van der Waals surface area contributed by atoms with Crippen molar-refractivity contribution in [1.82, 2.24) is 5.32 Å². The van der Waals surface area contributed by atoms with Crippen LogP contribution in [0.4, 0.5) is 5.69 Å². The van der Waals surface area contributed by atoms with Crippen LogP contribution in [0.3, 0.4) is 0 Å². The molecule has 0 fully saturated rings. The second kappa shape index (κ2) is 12.4. The number of aliphatic hydroxyl groups is 1. The minimum absolute atomic E-state index is 0.00206. The number of benzene rings is 3. The number of nitrogens with one attached hydrogen (secondary N) is 2. The van der Waals surface area contributed by atoms with Crippen molar-refractivity contribution < 1.29 is 38.0 Å². The molecule has 0 heterocycles. The van der Waals surface area contributed by atoms with Crippen LogP contribution in [-0.2, 0) is 10.0 Å². The van der Waals surface area contributed by atoms with Gasteiger partial charge in [0.2, 0.25) is 10.0 Å². The predicted octanol–water partition coefficient (Wildman–Crippen LogP) is 3.23. The summed E-state index contributed by atoms with van der Waals surface area (Å²) in [5.74, 6) is -0.318. The summed E-state index contributed by atoms with van der Waals surface area (Å²) in [5.41, 5.74) is 2.25. The lowest BCUT2D eigenvalue weighted by molar-refractivity contribution is 0.0692. The molecule has 0 amide bonds. The van der Waals surface area contributed by atoms with Gasteiger partial charge in [0.15, 0.2) is 0 Å². The lowest BCUT2D eigenvalue weighted by Gasteiger charge is -2.15. The molecule has 11 heteroatoms. The third-order valence-corrected chi connectivity index (χ3v) is 5.88. The van der Waals surface area contributed by atoms with Gasteiger partial charge in [0, 0.05) is 13.1 Å².